The third kappa shape index (κ3) is 2.70. The molecule has 0 bridgehead atoms. The van der Waals surface area contributed by atoms with E-state index in [9.17, 15) is 10.1 Å². The van der Waals surface area contributed by atoms with E-state index in [0.717, 1.165) is 31.4 Å². The normalized spacial score (nSPS) is 15.6. The Balaban J connectivity index is 1.56. The lowest BCUT2D eigenvalue weighted by Crippen LogP contribution is -2.33. The molecular formula is C22H20FN5O2. The van der Waals surface area contributed by atoms with Crippen LogP contribution in [0.3, 0.4) is 0 Å². The van der Waals surface area contributed by atoms with Crippen LogP contribution in [0.4, 0.5) is 15.8 Å². The van der Waals surface area contributed by atoms with Crippen LogP contribution < -0.4 is 21.2 Å². The van der Waals surface area contributed by atoms with Crippen LogP contribution in [0.1, 0.15) is 30.5 Å². The van der Waals surface area contributed by atoms with Crippen LogP contribution in [0, 0.1) is 17.1 Å². The Morgan fingerprint density at radius 1 is 1.40 bits per heavy atom. The molecule has 0 amide bonds. The fourth-order valence-electron chi connectivity index (χ4n) is 4.14. The van der Waals surface area contributed by atoms with Gasteiger partial charge in [-0.05, 0) is 37.8 Å². The van der Waals surface area contributed by atoms with Crippen molar-refractivity contribution in [1.82, 2.24) is 9.55 Å². The van der Waals surface area contributed by atoms with E-state index in [1.165, 1.54) is 0 Å². The topological polar surface area (TPSA) is 106 Å². The monoisotopic (exact) mass is 405 g/mol. The fraction of sp³-hybridized carbons (Fsp3) is 0.318. The van der Waals surface area contributed by atoms with Gasteiger partial charge in [0.05, 0.1) is 22.1 Å². The number of hydrogen-bond acceptors (Lipinski definition) is 6. The highest BCUT2D eigenvalue weighted by Gasteiger charge is 2.49. The molecule has 5 rings (SSSR count). The van der Waals surface area contributed by atoms with E-state index in [1.54, 1.807) is 12.4 Å². The number of halogens is 1. The van der Waals surface area contributed by atoms with Gasteiger partial charge in [0.25, 0.3) is 0 Å². The van der Waals surface area contributed by atoms with Crippen LogP contribution >= 0.6 is 0 Å². The average molecular weight is 405 g/mol. The number of rotatable bonds is 5. The number of anilines is 2. The molecule has 2 aliphatic rings. The lowest BCUT2D eigenvalue weighted by Gasteiger charge is -2.31. The number of pyridine rings is 2. The number of nitriles is 1. The summed E-state index contributed by atoms with van der Waals surface area (Å²) in [6.45, 7) is 0.856. The largest absolute Gasteiger partial charge is 0.487 e. The second-order valence-corrected chi connectivity index (χ2v) is 7.87. The van der Waals surface area contributed by atoms with Gasteiger partial charge >= 0.3 is 0 Å². The van der Waals surface area contributed by atoms with E-state index >= 15 is 4.39 Å². The van der Waals surface area contributed by atoms with Gasteiger partial charge in [0.2, 0.25) is 5.43 Å². The maximum atomic E-state index is 15.2. The van der Waals surface area contributed by atoms with E-state index in [-0.39, 0.29) is 33.6 Å². The number of nitrogens with two attached hydrogens (primary N) is 1. The summed E-state index contributed by atoms with van der Waals surface area (Å²) in [5.41, 5.74) is 6.51. The highest BCUT2D eigenvalue weighted by molar-refractivity contribution is 6.01. The fourth-order valence-corrected chi connectivity index (χ4v) is 4.14. The summed E-state index contributed by atoms with van der Waals surface area (Å²) in [5.74, 6) is -0.436. The molecule has 3 aromatic rings. The molecule has 3 heterocycles. The second kappa shape index (κ2) is 6.73. The van der Waals surface area contributed by atoms with Crippen LogP contribution in [0.15, 0.2) is 35.4 Å². The van der Waals surface area contributed by atoms with Gasteiger partial charge in [-0.15, -0.1) is 0 Å². The zero-order chi connectivity index (χ0) is 20.9. The number of fused-ring (bicyclic) bond motifs is 1. The minimum atomic E-state index is -0.721. The first-order valence-electron chi connectivity index (χ1n) is 9.93. The first-order valence-corrected chi connectivity index (χ1v) is 9.93. The Morgan fingerprint density at radius 3 is 2.93 bits per heavy atom. The van der Waals surface area contributed by atoms with Gasteiger partial charge in [-0.1, -0.05) is 6.07 Å². The van der Waals surface area contributed by atoms with Gasteiger partial charge in [0, 0.05) is 24.6 Å². The highest BCUT2D eigenvalue weighted by atomic mass is 19.1. The van der Waals surface area contributed by atoms with Crippen LogP contribution in [0.5, 0.6) is 5.75 Å². The predicted molar refractivity (Wildman–Crippen MR) is 111 cm³/mol. The van der Waals surface area contributed by atoms with Crippen molar-refractivity contribution in [3.05, 3.63) is 57.9 Å². The summed E-state index contributed by atoms with van der Waals surface area (Å²) >= 11 is 0. The second-order valence-electron chi connectivity index (χ2n) is 7.87. The maximum absolute atomic E-state index is 15.2. The third-order valence-electron chi connectivity index (χ3n) is 5.96. The first-order chi connectivity index (χ1) is 14.6. The molecule has 0 radical (unpaired) electrons. The summed E-state index contributed by atoms with van der Waals surface area (Å²) in [6, 6.07) is 7.66. The molecule has 0 saturated heterocycles. The van der Waals surface area contributed by atoms with Crippen molar-refractivity contribution in [2.45, 2.75) is 31.2 Å². The molecule has 30 heavy (non-hydrogen) atoms. The number of aryl methyl sites for hydroxylation is 1. The zero-order valence-corrected chi connectivity index (χ0v) is 16.2. The van der Waals surface area contributed by atoms with Crippen molar-refractivity contribution in [3.8, 4) is 11.8 Å². The molecule has 0 atom stereocenters. The SMILES string of the molecule is N#Cc1cn2c3c(c(NCCCc4ccccn4)c(F)c(N)c3c1=O)OCC21CC1. The number of benzene rings is 1. The van der Waals surface area contributed by atoms with Gasteiger partial charge in [-0.2, -0.15) is 5.26 Å². The number of nitrogen functional groups attached to an aromatic ring is 1. The van der Waals surface area contributed by atoms with Gasteiger partial charge in [-0.25, -0.2) is 4.39 Å². The molecule has 1 fully saturated rings. The molecule has 1 saturated carbocycles. The molecule has 7 nitrogen and oxygen atoms in total. The molecule has 1 aliphatic heterocycles. The van der Waals surface area contributed by atoms with Crippen LogP contribution in [0.2, 0.25) is 0 Å². The molecule has 0 unspecified atom stereocenters. The summed E-state index contributed by atoms with van der Waals surface area (Å²) in [4.78, 5) is 17.1. The molecule has 8 heteroatoms. The highest BCUT2D eigenvalue weighted by Crippen LogP contribution is 2.52. The van der Waals surface area contributed by atoms with Crippen molar-refractivity contribution in [1.29, 1.82) is 5.26 Å². The number of aromatic nitrogens is 2. The summed E-state index contributed by atoms with van der Waals surface area (Å²) in [6.07, 6.45) is 6.53. The number of ether oxygens (including phenoxy) is 1. The number of hydrogen-bond donors (Lipinski definition) is 2. The smallest absolute Gasteiger partial charge is 0.209 e. The number of nitrogens with zero attached hydrogens (tertiary/aromatic N) is 3. The molecule has 1 aromatic carbocycles. The van der Waals surface area contributed by atoms with E-state index in [0.29, 0.717) is 18.7 Å². The Hall–Kier alpha value is -3.60. The Labute approximate surface area is 171 Å². The average Bonchev–Trinajstić information content (AvgIpc) is 3.54. The maximum Gasteiger partial charge on any atom is 0.209 e. The van der Waals surface area contributed by atoms with Crippen LogP contribution in [0.25, 0.3) is 10.9 Å². The van der Waals surface area contributed by atoms with E-state index in [2.05, 4.69) is 10.3 Å². The lowest BCUT2D eigenvalue weighted by molar-refractivity contribution is 0.221. The molecule has 152 valence electrons. The van der Waals surface area contributed by atoms with Crippen molar-refractivity contribution in [2.24, 2.45) is 0 Å². The number of nitrogens with one attached hydrogen (secondary N) is 1. The lowest BCUT2D eigenvalue weighted by atomic mass is 10.0. The van der Waals surface area contributed by atoms with Gasteiger partial charge in [-0.3, -0.25) is 9.78 Å². The molecule has 1 spiro atoms. The summed E-state index contributed by atoms with van der Waals surface area (Å²) in [5, 5.41) is 12.5. The molecular weight excluding hydrogens is 385 g/mol. The zero-order valence-electron chi connectivity index (χ0n) is 16.2. The Morgan fingerprint density at radius 2 is 2.23 bits per heavy atom. The quantitative estimate of drug-likeness (QED) is 0.499. The van der Waals surface area contributed by atoms with Crippen molar-refractivity contribution >= 4 is 22.3 Å². The summed E-state index contributed by atoms with van der Waals surface area (Å²) in [7, 11) is 0. The van der Waals surface area contributed by atoms with Gasteiger partial charge in [0.15, 0.2) is 11.6 Å². The van der Waals surface area contributed by atoms with Gasteiger partial charge < -0.3 is 20.4 Å². The van der Waals surface area contributed by atoms with Gasteiger partial charge in [0.1, 0.15) is 23.9 Å². The van der Waals surface area contributed by atoms with E-state index in [4.69, 9.17) is 10.5 Å². The standard InChI is InChI=1S/C22H20FN5O2/c23-16-17(25)15-19-21(18(16)27-9-3-5-14-4-1-2-8-26-14)30-12-22(6-7-22)28(19)11-13(10-24)20(15)29/h1-2,4,8,11,27H,3,5-7,9,12,25H2. The third-order valence-corrected chi connectivity index (χ3v) is 5.96. The molecule has 1 aliphatic carbocycles. The Bertz CT molecular complexity index is 1260. The Kier molecular flexibility index (Phi) is 4.13. The minimum absolute atomic E-state index is 0.0200. The van der Waals surface area contributed by atoms with Crippen molar-refractivity contribution < 1.29 is 9.13 Å². The van der Waals surface area contributed by atoms with Crippen LogP contribution in [-0.4, -0.2) is 22.7 Å². The van der Waals surface area contributed by atoms with Crippen molar-refractivity contribution in [3.63, 3.8) is 0 Å². The predicted octanol–water partition coefficient (Wildman–Crippen LogP) is 2.92. The summed E-state index contributed by atoms with van der Waals surface area (Å²) < 4.78 is 23.1. The van der Waals surface area contributed by atoms with Crippen molar-refractivity contribution in [2.75, 3.05) is 24.2 Å². The van der Waals surface area contributed by atoms with E-state index in [1.807, 2.05) is 28.8 Å². The first kappa shape index (κ1) is 18.4. The molecule has 2 aromatic heterocycles. The minimum Gasteiger partial charge on any atom is -0.487 e. The molecule has 3 N–H and O–H groups in total. The van der Waals surface area contributed by atoms with Crippen LogP contribution in [-0.2, 0) is 12.0 Å². The van der Waals surface area contributed by atoms with E-state index < -0.39 is 11.2 Å².